The van der Waals surface area contributed by atoms with Crippen molar-refractivity contribution in [2.75, 3.05) is 5.32 Å². The standard InChI is InChI=1S/C14H14N2O3S/c1-9-4-2-3-5-11(9)16-12(17)7-13-15-10(8-20-13)6-14(18)19/h2-5,8H,6-7H2,1H3,(H,16,17)(H,18,19). The van der Waals surface area contributed by atoms with E-state index in [1.54, 1.807) is 5.38 Å². The van der Waals surface area contributed by atoms with E-state index in [-0.39, 0.29) is 18.7 Å². The molecule has 0 saturated carbocycles. The van der Waals surface area contributed by atoms with E-state index < -0.39 is 5.97 Å². The molecule has 20 heavy (non-hydrogen) atoms. The largest absolute Gasteiger partial charge is 0.481 e. The van der Waals surface area contributed by atoms with Gasteiger partial charge >= 0.3 is 5.97 Å². The van der Waals surface area contributed by atoms with Crippen molar-refractivity contribution >= 4 is 28.9 Å². The summed E-state index contributed by atoms with van der Waals surface area (Å²) in [7, 11) is 0. The van der Waals surface area contributed by atoms with Crippen LogP contribution in [0.4, 0.5) is 5.69 Å². The van der Waals surface area contributed by atoms with Gasteiger partial charge in [-0.05, 0) is 18.6 Å². The number of thiazole rings is 1. The summed E-state index contributed by atoms with van der Waals surface area (Å²) in [5.41, 5.74) is 2.26. The van der Waals surface area contributed by atoms with Crippen LogP contribution in [0.25, 0.3) is 0 Å². The fraction of sp³-hybridized carbons (Fsp3) is 0.214. The number of nitrogens with zero attached hydrogens (tertiary/aromatic N) is 1. The molecule has 0 bridgehead atoms. The number of hydrogen-bond acceptors (Lipinski definition) is 4. The molecule has 1 aromatic carbocycles. The maximum absolute atomic E-state index is 11.9. The van der Waals surface area contributed by atoms with E-state index in [2.05, 4.69) is 10.3 Å². The fourth-order valence-electron chi connectivity index (χ4n) is 1.71. The Balaban J connectivity index is 1.96. The Morgan fingerprint density at radius 3 is 2.75 bits per heavy atom. The lowest BCUT2D eigenvalue weighted by molar-refractivity contribution is -0.136. The number of amides is 1. The Kier molecular flexibility index (Phi) is 4.47. The number of aliphatic carboxylic acids is 1. The Labute approximate surface area is 120 Å². The van der Waals surface area contributed by atoms with Crippen molar-refractivity contribution in [2.45, 2.75) is 19.8 Å². The molecular formula is C14H14N2O3S. The van der Waals surface area contributed by atoms with Crippen molar-refractivity contribution in [1.29, 1.82) is 0 Å². The van der Waals surface area contributed by atoms with E-state index in [9.17, 15) is 9.59 Å². The molecule has 0 aliphatic carbocycles. The van der Waals surface area contributed by atoms with E-state index in [0.717, 1.165) is 11.3 Å². The first-order valence-corrected chi connectivity index (χ1v) is 6.93. The molecule has 104 valence electrons. The van der Waals surface area contributed by atoms with Crippen LogP contribution in [-0.4, -0.2) is 22.0 Å². The van der Waals surface area contributed by atoms with Crippen LogP contribution in [0.5, 0.6) is 0 Å². The molecule has 0 aliphatic heterocycles. The zero-order chi connectivity index (χ0) is 14.5. The summed E-state index contributed by atoms with van der Waals surface area (Å²) in [5.74, 6) is -1.08. The quantitative estimate of drug-likeness (QED) is 0.885. The molecule has 1 amide bonds. The minimum absolute atomic E-state index is 0.115. The molecule has 1 aromatic heterocycles. The third-order valence-corrected chi connectivity index (χ3v) is 3.56. The highest BCUT2D eigenvalue weighted by atomic mass is 32.1. The normalized spacial score (nSPS) is 10.2. The molecule has 0 unspecified atom stereocenters. The summed E-state index contributed by atoms with van der Waals surface area (Å²) in [6.45, 7) is 1.92. The van der Waals surface area contributed by atoms with E-state index >= 15 is 0 Å². The summed E-state index contributed by atoms with van der Waals surface area (Å²) in [6, 6.07) is 7.52. The topological polar surface area (TPSA) is 79.3 Å². The van der Waals surface area contributed by atoms with E-state index in [4.69, 9.17) is 5.11 Å². The number of carboxylic acids is 1. The van der Waals surface area contributed by atoms with Crippen molar-refractivity contribution < 1.29 is 14.7 Å². The molecular weight excluding hydrogens is 276 g/mol. The molecule has 2 rings (SSSR count). The number of benzene rings is 1. The van der Waals surface area contributed by atoms with Crippen molar-refractivity contribution in [2.24, 2.45) is 0 Å². The number of carbonyl (C=O) groups excluding carboxylic acids is 1. The SMILES string of the molecule is Cc1ccccc1NC(=O)Cc1nc(CC(=O)O)cs1. The van der Waals surface area contributed by atoms with Crippen molar-refractivity contribution in [3.05, 3.63) is 45.9 Å². The number of rotatable bonds is 5. The number of nitrogens with one attached hydrogen (secondary N) is 1. The van der Waals surface area contributed by atoms with Crippen LogP contribution >= 0.6 is 11.3 Å². The number of carbonyl (C=O) groups is 2. The smallest absolute Gasteiger partial charge is 0.309 e. The van der Waals surface area contributed by atoms with Crippen LogP contribution in [0.3, 0.4) is 0 Å². The van der Waals surface area contributed by atoms with E-state index in [1.165, 1.54) is 11.3 Å². The first-order chi connectivity index (χ1) is 9.54. The molecule has 0 spiro atoms. The molecule has 2 N–H and O–H groups in total. The third kappa shape index (κ3) is 3.89. The summed E-state index contributed by atoms with van der Waals surface area (Å²) in [6.07, 6.45) is 0.0362. The van der Waals surface area contributed by atoms with Gasteiger partial charge in [-0.2, -0.15) is 0 Å². The second-order valence-electron chi connectivity index (χ2n) is 4.34. The Morgan fingerprint density at radius 2 is 2.05 bits per heavy atom. The molecule has 0 saturated heterocycles. The predicted octanol–water partition coefficient (Wildman–Crippen LogP) is 2.26. The molecule has 0 radical (unpaired) electrons. The monoisotopic (exact) mass is 290 g/mol. The van der Waals surface area contributed by atoms with Gasteiger partial charge in [-0.25, -0.2) is 4.98 Å². The van der Waals surface area contributed by atoms with Gasteiger partial charge in [-0.15, -0.1) is 11.3 Å². The summed E-state index contributed by atoms with van der Waals surface area (Å²) < 4.78 is 0. The van der Waals surface area contributed by atoms with Gasteiger partial charge < -0.3 is 10.4 Å². The van der Waals surface area contributed by atoms with Crippen molar-refractivity contribution in [3.8, 4) is 0 Å². The first kappa shape index (κ1) is 14.2. The number of anilines is 1. The second kappa shape index (κ2) is 6.29. The number of carboxylic acid groups (broad SMARTS) is 1. The third-order valence-electron chi connectivity index (χ3n) is 2.66. The molecule has 0 fully saturated rings. The van der Waals surface area contributed by atoms with Crippen LogP contribution in [0.15, 0.2) is 29.6 Å². The van der Waals surface area contributed by atoms with Gasteiger partial charge in [0.1, 0.15) is 5.01 Å². The van der Waals surface area contributed by atoms with Crippen LogP contribution in [-0.2, 0) is 22.4 Å². The van der Waals surface area contributed by atoms with Gasteiger partial charge in [0.05, 0.1) is 18.5 Å². The van der Waals surface area contributed by atoms with Crippen molar-refractivity contribution in [1.82, 2.24) is 4.98 Å². The highest BCUT2D eigenvalue weighted by molar-refractivity contribution is 7.09. The number of hydrogen-bond donors (Lipinski definition) is 2. The Bertz CT molecular complexity index is 637. The minimum atomic E-state index is -0.925. The highest BCUT2D eigenvalue weighted by Gasteiger charge is 2.10. The van der Waals surface area contributed by atoms with Crippen LogP contribution in [0, 0.1) is 6.92 Å². The number of aromatic nitrogens is 1. The van der Waals surface area contributed by atoms with Gasteiger partial charge in [0.25, 0.3) is 0 Å². The maximum Gasteiger partial charge on any atom is 0.309 e. The average molecular weight is 290 g/mol. The van der Waals surface area contributed by atoms with Crippen LogP contribution < -0.4 is 5.32 Å². The lowest BCUT2D eigenvalue weighted by Gasteiger charge is -2.06. The molecule has 0 atom stereocenters. The van der Waals surface area contributed by atoms with E-state index in [0.29, 0.717) is 10.7 Å². The zero-order valence-electron chi connectivity index (χ0n) is 10.9. The van der Waals surface area contributed by atoms with Crippen LogP contribution in [0.1, 0.15) is 16.3 Å². The summed E-state index contributed by atoms with van der Waals surface area (Å²) in [5, 5.41) is 13.8. The van der Waals surface area contributed by atoms with Gasteiger partial charge in [-0.1, -0.05) is 18.2 Å². The molecule has 5 nitrogen and oxygen atoms in total. The van der Waals surface area contributed by atoms with Gasteiger partial charge in [0.15, 0.2) is 0 Å². The average Bonchev–Trinajstić information content (AvgIpc) is 2.78. The molecule has 0 aliphatic rings. The first-order valence-electron chi connectivity index (χ1n) is 6.05. The van der Waals surface area contributed by atoms with E-state index in [1.807, 2.05) is 31.2 Å². The van der Waals surface area contributed by atoms with Gasteiger partial charge in [0.2, 0.25) is 5.91 Å². The highest BCUT2D eigenvalue weighted by Crippen LogP contribution is 2.15. The Hall–Kier alpha value is -2.21. The lowest BCUT2D eigenvalue weighted by atomic mass is 10.2. The molecule has 6 heteroatoms. The molecule has 2 aromatic rings. The molecule has 1 heterocycles. The number of aryl methyl sites for hydroxylation is 1. The van der Waals surface area contributed by atoms with Crippen LogP contribution in [0.2, 0.25) is 0 Å². The minimum Gasteiger partial charge on any atom is -0.481 e. The van der Waals surface area contributed by atoms with Crippen molar-refractivity contribution in [3.63, 3.8) is 0 Å². The second-order valence-corrected chi connectivity index (χ2v) is 5.29. The number of para-hydroxylation sites is 1. The van der Waals surface area contributed by atoms with Gasteiger partial charge in [0, 0.05) is 11.1 Å². The maximum atomic E-state index is 11.9. The zero-order valence-corrected chi connectivity index (χ0v) is 11.7. The summed E-state index contributed by atoms with van der Waals surface area (Å²) in [4.78, 5) is 26.6. The Morgan fingerprint density at radius 1 is 1.30 bits per heavy atom. The predicted molar refractivity (Wildman–Crippen MR) is 77.0 cm³/mol. The van der Waals surface area contributed by atoms with Gasteiger partial charge in [-0.3, -0.25) is 9.59 Å². The lowest BCUT2D eigenvalue weighted by Crippen LogP contribution is -2.15. The summed E-state index contributed by atoms with van der Waals surface area (Å²) >= 11 is 1.30. The fourth-order valence-corrected chi connectivity index (χ4v) is 2.50.